The van der Waals surface area contributed by atoms with Crippen LogP contribution < -0.4 is 19.5 Å². The van der Waals surface area contributed by atoms with Crippen molar-refractivity contribution in [3.05, 3.63) is 48.8 Å². The van der Waals surface area contributed by atoms with Crippen LogP contribution in [0.15, 0.2) is 48.8 Å². The number of urea groups is 1. The predicted octanol–water partition coefficient (Wildman–Crippen LogP) is 2.75. The minimum absolute atomic E-state index is 0.0237. The quantitative estimate of drug-likeness (QED) is 0.649. The van der Waals surface area contributed by atoms with Gasteiger partial charge in [-0.05, 0) is 24.3 Å². The molecule has 0 saturated carbocycles. The van der Waals surface area contributed by atoms with E-state index >= 15 is 0 Å². The lowest BCUT2D eigenvalue weighted by Crippen LogP contribution is -2.43. The summed E-state index contributed by atoms with van der Waals surface area (Å²) < 4.78 is 18.1. The molecule has 10 nitrogen and oxygen atoms in total. The Morgan fingerprint density at radius 3 is 2.58 bits per heavy atom. The van der Waals surface area contributed by atoms with Crippen LogP contribution in [0.2, 0.25) is 0 Å². The predicted molar refractivity (Wildman–Crippen MR) is 113 cm³/mol. The zero-order valence-electron chi connectivity index (χ0n) is 17.4. The molecular weight excluding hydrogens is 400 g/mol. The highest BCUT2D eigenvalue weighted by atomic mass is 16.5. The van der Waals surface area contributed by atoms with Crippen molar-refractivity contribution >= 4 is 11.7 Å². The van der Waals surface area contributed by atoms with Crippen LogP contribution in [-0.2, 0) is 0 Å². The summed E-state index contributed by atoms with van der Waals surface area (Å²) >= 11 is 0. The number of likely N-dealkylation sites (tertiary alicyclic amines) is 1. The summed E-state index contributed by atoms with van der Waals surface area (Å²) in [6, 6.07) is 10.5. The van der Waals surface area contributed by atoms with Gasteiger partial charge in [0.2, 0.25) is 5.88 Å². The second kappa shape index (κ2) is 9.33. The van der Waals surface area contributed by atoms with Crippen LogP contribution in [0.4, 0.5) is 10.5 Å². The molecule has 162 valence electrons. The number of benzene rings is 1. The zero-order chi connectivity index (χ0) is 21.6. The van der Waals surface area contributed by atoms with Gasteiger partial charge in [0, 0.05) is 50.5 Å². The first-order chi connectivity index (χ1) is 15.2. The number of aromatic nitrogens is 4. The third kappa shape index (κ3) is 4.85. The lowest BCUT2D eigenvalue weighted by molar-refractivity contribution is 0.110. The van der Waals surface area contributed by atoms with E-state index < -0.39 is 0 Å². The molecule has 2 amide bonds. The number of carbonyl (C=O) groups is 1. The van der Waals surface area contributed by atoms with E-state index in [-0.39, 0.29) is 12.1 Å². The fraction of sp³-hybridized carbons (Fsp3) is 0.333. The lowest BCUT2D eigenvalue weighted by atomic mass is 10.1. The largest absolute Gasteiger partial charge is 0.497 e. The average molecular weight is 424 g/mol. The summed E-state index contributed by atoms with van der Waals surface area (Å²) in [5.41, 5.74) is 0.596. The molecule has 0 atom stereocenters. The molecule has 0 spiro atoms. The van der Waals surface area contributed by atoms with Crippen LogP contribution in [0.5, 0.6) is 17.4 Å². The van der Waals surface area contributed by atoms with Crippen molar-refractivity contribution in [2.45, 2.75) is 18.9 Å². The first-order valence-corrected chi connectivity index (χ1v) is 9.94. The van der Waals surface area contributed by atoms with Gasteiger partial charge in [-0.2, -0.15) is 5.10 Å². The molecule has 2 aromatic heterocycles. The van der Waals surface area contributed by atoms with Gasteiger partial charge in [-0.25, -0.2) is 9.48 Å². The number of anilines is 1. The van der Waals surface area contributed by atoms with Gasteiger partial charge in [0.15, 0.2) is 5.82 Å². The Hall–Kier alpha value is -3.82. The van der Waals surface area contributed by atoms with Crippen LogP contribution in [0.3, 0.4) is 0 Å². The van der Waals surface area contributed by atoms with Gasteiger partial charge in [0.1, 0.15) is 17.6 Å². The SMILES string of the molecule is COc1ccc(NC(=O)N2CCC(Oc3ccc(-n4cccn4)nn3)CC2)c(OC)c1. The number of nitrogens with zero attached hydrogens (tertiary/aromatic N) is 5. The molecule has 0 unspecified atom stereocenters. The van der Waals surface area contributed by atoms with E-state index in [2.05, 4.69) is 20.6 Å². The Morgan fingerprint density at radius 2 is 1.94 bits per heavy atom. The minimum atomic E-state index is -0.176. The Balaban J connectivity index is 1.29. The summed E-state index contributed by atoms with van der Waals surface area (Å²) in [6.45, 7) is 1.15. The van der Waals surface area contributed by atoms with Gasteiger partial charge >= 0.3 is 6.03 Å². The minimum Gasteiger partial charge on any atom is -0.497 e. The van der Waals surface area contributed by atoms with Crippen molar-refractivity contribution in [2.24, 2.45) is 0 Å². The maximum absolute atomic E-state index is 12.7. The lowest BCUT2D eigenvalue weighted by Gasteiger charge is -2.32. The maximum atomic E-state index is 12.7. The average Bonchev–Trinajstić information content (AvgIpc) is 3.35. The van der Waals surface area contributed by atoms with Crippen LogP contribution in [-0.4, -0.2) is 64.3 Å². The summed E-state index contributed by atoms with van der Waals surface area (Å²) in [4.78, 5) is 14.4. The van der Waals surface area contributed by atoms with Gasteiger partial charge in [0.25, 0.3) is 0 Å². The Kier molecular flexibility index (Phi) is 6.16. The van der Waals surface area contributed by atoms with Crippen molar-refractivity contribution in [3.8, 4) is 23.2 Å². The molecule has 4 rings (SSSR count). The summed E-state index contributed by atoms with van der Waals surface area (Å²) in [5.74, 6) is 2.29. The standard InChI is InChI=1S/C21H24N6O4/c1-29-16-4-5-17(18(14-16)30-2)23-21(28)26-12-8-15(9-13-26)31-20-7-6-19(24-25-20)27-11-3-10-22-27/h3-7,10-11,14-15H,8-9,12-13H2,1-2H3,(H,23,28). The normalized spacial score (nSPS) is 14.2. The third-order valence-corrected chi connectivity index (χ3v) is 5.03. The number of nitrogens with one attached hydrogen (secondary N) is 1. The van der Waals surface area contributed by atoms with Gasteiger partial charge in [0.05, 0.1) is 19.9 Å². The van der Waals surface area contributed by atoms with E-state index in [0.717, 1.165) is 0 Å². The third-order valence-electron chi connectivity index (χ3n) is 5.03. The highest BCUT2D eigenvalue weighted by Crippen LogP contribution is 2.29. The van der Waals surface area contributed by atoms with Crippen molar-refractivity contribution < 1.29 is 19.0 Å². The number of ether oxygens (including phenoxy) is 3. The van der Waals surface area contributed by atoms with Crippen molar-refractivity contribution in [2.75, 3.05) is 32.6 Å². The monoisotopic (exact) mass is 424 g/mol. The van der Waals surface area contributed by atoms with Crippen LogP contribution in [0.1, 0.15) is 12.8 Å². The molecule has 0 bridgehead atoms. The van der Waals surface area contributed by atoms with Gasteiger partial charge in [-0.15, -0.1) is 10.2 Å². The molecule has 1 aromatic carbocycles. The highest BCUT2D eigenvalue weighted by molar-refractivity contribution is 5.91. The van der Waals surface area contributed by atoms with E-state index in [4.69, 9.17) is 14.2 Å². The molecule has 1 N–H and O–H groups in total. The number of amides is 2. The van der Waals surface area contributed by atoms with Crippen LogP contribution >= 0.6 is 0 Å². The fourth-order valence-electron chi connectivity index (χ4n) is 3.35. The molecule has 1 fully saturated rings. The molecule has 10 heteroatoms. The van der Waals surface area contributed by atoms with Crippen molar-refractivity contribution in [1.82, 2.24) is 24.9 Å². The second-order valence-electron chi connectivity index (χ2n) is 6.98. The molecule has 3 heterocycles. The number of hydrogen-bond donors (Lipinski definition) is 1. The summed E-state index contributed by atoms with van der Waals surface area (Å²) in [6.07, 6.45) is 4.86. The molecule has 1 saturated heterocycles. The first kappa shape index (κ1) is 20.5. The molecule has 0 aliphatic carbocycles. The summed E-state index contributed by atoms with van der Waals surface area (Å²) in [5, 5.41) is 15.3. The highest BCUT2D eigenvalue weighted by Gasteiger charge is 2.25. The smallest absolute Gasteiger partial charge is 0.321 e. The maximum Gasteiger partial charge on any atom is 0.321 e. The Bertz CT molecular complexity index is 1000. The van der Waals surface area contributed by atoms with Crippen molar-refractivity contribution in [1.29, 1.82) is 0 Å². The number of rotatable bonds is 6. The fourth-order valence-corrected chi connectivity index (χ4v) is 3.35. The topological polar surface area (TPSA) is 104 Å². The van der Waals surface area contributed by atoms with E-state index in [1.807, 2.05) is 6.07 Å². The zero-order valence-corrected chi connectivity index (χ0v) is 17.4. The Labute approximate surface area is 179 Å². The molecule has 31 heavy (non-hydrogen) atoms. The second-order valence-corrected chi connectivity index (χ2v) is 6.98. The Morgan fingerprint density at radius 1 is 1.10 bits per heavy atom. The van der Waals surface area contributed by atoms with Gasteiger partial charge < -0.3 is 24.4 Å². The van der Waals surface area contributed by atoms with Crippen LogP contribution in [0, 0.1) is 0 Å². The van der Waals surface area contributed by atoms with Gasteiger partial charge in [-0.1, -0.05) is 0 Å². The number of piperidine rings is 1. The van der Waals surface area contributed by atoms with Gasteiger partial charge in [-0.3, -0.25) is 0 Å². The molecule has 0 radical (unpaired) electrons. The first-order valence-electron chi connectivity index (χ1n) is 9.94. The van der Waals surface area contributed by atoms with E-state index in [9.17, 15) is 4.79 Å². The number of methoxy groups -OCH3 is 2. The molecular formula is C21H24N6O4. The summed E-state index contributed by atoms with van der Waals surface area (Å²) in [7, 11) is 3.14. The number of hydrogen-bond acceptors (Lipinski definition) is 7. The number of carbonyl (C=O) groups excluding carboxylic acids is 1. The van der Waals surface area contributed by atoms with E-state index in [1.165, 1.54) is 0 Å². The van der Waals surface area contributed by atoms with Crippen molar-refractivity contribution in [3.63, 3.8) is 0 Å². The van der Waals surface area contributed by atoms with Crippen LogP contribution in [0.25, 0.3) is 5.82 Å². The molecule has 1 aliphatic rings. The molecule has 3 aromatic rings. The van der Waals surface area contributed by atoms with E-state index in [1.54, 1.807) is 66.5 Å². The molecule has 1 aliphatic heterocycles. The van der Waals surface area contributed by atoms with E-state index in [0.29, 0.717) is 54.8 Å².